The average molecular weight is 240 g/mol. The van der Waals surface area contributed by atoms with E-state index >= 15 is 0 Å². The number of amides is 1. The third-order valence-corrected chi connectivity index (χ3v) is 3.33. The van der Waals surface area contributed by atoms with Crippen molar-refractivity contribution in [2.45, 2.75) is 58.9 Å². The lowest BCUT2D eigenvalue weighted by atomic mass is 10.0. The zero-order valence-electron chi connectivity index (χ0n) is 11.7. The van der Waals surface area contributed by atoms with Crippen molar-refractivity contribution in [3.05, 3.63) is 0 Å². The van der Waals surface area contributed by atoms with Crippen LogP contribution in [0.25, 0.3) is 0 Å². The molecular weight excluding hydrogens is 212 g/mol. The second-order valence-electron chi connectivity index (χ2n) is 5.58. The molecule has 0 radical (unpaired) electrons. The van der Waals surface area contributed by atoms with E-state index in [4.69, 9.17) is 0 Å². The van der Waals surface area contributed by atoms with Gasteiger partial charge in [-0.15, -0.1) is 0 Å². The minimum absolute atomic E-state index is 0.351. The monoisotopic (exact) mass is 240 g/mol. The summed E-state index contributed by atoms with van der Waals surface area (Å²) in [6, 6.07) is 0.489. The molecule has 1 aliphatic rings. The number of nitrogens with one attached hydrogen (secondary N) is 1. The van der Waals surface area contributed by atoms with Gasteiger partial charge in [-0.05, 0) is 31.7 Å². The molecule has 1 N–H and O–H groups in total. The second kappa shape index (κ2) is 7.70. The fourth-order valence-corrected chi connectivity index (χ4v) is 2.44. The summed E-state index contributed by atoms with van der Waals surface area (Å²) in [5, 5.41) is 3.56. The van der Waals surface area contributed by atoms with E-state index in [1.165, 1.54) is 0 Å². The molecule has 1 saturated heterocycles. The molecular formula is C14H28N2O. The fourth-order valence-electron chi connectivity index (χ4n) is 2.44. The molecule has 0 aromatic rings. The molecule has 1 rings (SSSR count). The van der Waals surface area contributed by atoms with Crippen LogP contribution in [0.1, 0.15) is 52.9 Å². The standard InChI is InChI=1S/C14H28N2O/c1-4-5-7-14(17)16-9-6-8-15-13(11-16)10-12(2)3/h12-13,15H,4-11H2,1-3H3. The predicted octanol–water partition coefficient (Wildman–Crippen LogP) is 2.41. The Hall–Kier alpha value is -0.570. The second-order valence-corrected chi connectivity index (χ2v) is 5.58. The van der Waals surface area contributed by atoms with Gasteiger partial charge in [0.1, 0.15) is 0 Å². The van der Waals surface area contributed by atoms with Crippen LogP contribution >= 0.6 is 0 Å². The minimum Gasteiger partial charge on any atom is -0.341 e. The Morgan fingerprint density at radius 2 is 2.24 bits per heavy atom. The van der Waals surface area contributed by atoms with Crippen molar-refractivity contribution in [2.75, 3.05) is 19.6 Å². The lowest BCUT2D eigenvalue weighted by Crippen LogP contribution is -2.41. The van der Waals surface area contributed by atoms with E-state index in [0.717, 1.165) is 51.7 Å². The summed E-state index contributed by atoms with van der Waals surface area (Å²) in [6.07, 6.45) is 5.11. The highest BCUT2D eigenvalue weighted by molar-refractivity contribution is 5.76. The first kappa shape index (κ1) is 14.5. The molecule has 1 unspecified atom stereocenters. The third kappa shape index (κ3) is 5.53. The molecule has 100 valence electrons. The zero-order chi connectivity index (χ0) is 12.7. The van der Waals surface area contributed by atoms with Crippen molar-refractivity contribution in [3.8, 4) is 0 Å². The summed E-state index contributed by atoms with van der Waals surface area (Å²) < 4.78 is 0. The van der Waals surface area contributed by atoms with Crippen LogP contribution in [-0.2, 0) is 4.79 Å². The molecule has 0 aliphatic carbocycles. The van der Waals surface area contributed by atoms with Gasteiger partial charge >= 0.3 is 0 Å². The molecule has 1 aliphatic heterocycles. The summed E-state index contributed by atoms with van der Waals surface area (Å²) in [4.78, 5) is 14.1. The first-order valence-electron chi connectivity index (χ1n) is 7.14. The van der Waals surface area contributed by atoms with Crippen LogP contribution in [0.4, 0.5) is 0 Å². The molecule has 1 fully saturated rings. The Morgan fingerprint density at radius 1 is 1.47 bits per heavy atom. The highest BCUT2D eigenvalue weighted by Gasteiger charge is 2.21. The van der Waals surface area contributed by atoms with Gasteiger partial charge in [0.25, 0.3) is 0 Å². The Labute approximate surface area is 106 Å². The van der Waals surface area contributed by atoms with E-state index in [2.05, 4.69) is 31.0 Å². The van der Waals surface area contributed by atoms with Crippen molar-refractivity contribution in [2.24, 2.45) is 5.92 Å². The van der Waals surface area contributed by atoms with Crippen LogP contribution in [0.15, 0.2) is 0 Å². The Morgan fingerprint density at radius 3 is 2.88 bits per heavy atom. The van der Waals surface area contributed by atoms with E-state index in [0.29, 0.717) is 17.9 Å². The molecule has 3 heteroatoms. The van der Waals surface area contributed by atoms with Crippen molar-refractivity contribution in [1.29, 1.82) is 0 Å². The first-order chi connectivity index (χ1) is 8.13. The molecule has 0 saturated carbocycles. The van der Waals surface area contributed by atoms with Crippen LogP contribution < -0.4 is 5.32 Å². The molecule has 1 amide bonds. The summed E-state index contributed by atoms with van der Waals surface area (Å²) in [5.41, 5.74) is 0. The average Bonchev–Trinajstić information content (AvgIpc) is 2.50. The van der Waals surface area contributed by atoms with Crippen LogP contribution in [0, 0.1) is 5.92 Å². The molecule has 0 bridgehead atoms. The number of carbonyl (C=O) groups excluding carboxylic acids is 1. The minimum atomic E-state index is 0.351. The van der Waals surface area contributed by atoms with Crippen LogP contribution in [0.5, 0.6) is 0 Å². The Kier molecular flexibility index (Phi) is 6.56. The highest BCUT2D eigenvalue weighted by Crippen LogP contribution is 2.11. The molecule has 0 aromatic heterocycles. The fraction of sp³-hybridized carbons (Fsp3) is 0.929. The smallest absolute Gasteiger partial charge is 0.222 e. The number of carbonyl (C=O) groups is 1. The van der Waals surface area contributed by atoms with Crippen LogP contribution in [0.3, 0.4) is 0 Å². The maximum Gasteiger partial charge on any atom is 0.222 e. The van der Waals surface area contributed by atoms with E-state index in [-0.39, 0.29) is 0 Å². The molecule has 17 heavy (non-hydrogen) atoms. The lowest BCUT2D eigenvalue weighted by Gasteiger charge is -2.25. The van der Waals surface area contributed by atoms with Crippen molar-refractivity contribution >= 4 is 5.91 Å². The van der Waals surface area contributed by atoms with E-state index in [9.17, 15) is 4.79 Å². The van der Waals surface area contributed by atoms with Crippen molar-refractivity contribution in [3.63, 3.8) is 0 Å². The topological polar surface area (TPSA) is 32.3 Å². The first-order valence-corrected chi connectivity index (χ1v) is 7.14. The normalized spacial score (nSPS) is 21.6. The molecule has 1 heterocycles. The number of hydrogen-bond donors (Lipinski definition) is 1. The van der Waals surface area contributed by atoms with Gasteiger partial charge in [0.2, 0.25) is 5.91 Å². The number of rotatable bonds is 5. The molecule has 0 spiro atoms. The zero-order valence-corrected chi connectivity index (χ0v) is 11.7. The maximum absolute atomic E-state index is 12.0. The SMILES string of the molecule is CCCCC(=O)N1CCCNC(CC(C)C)C1. The number of unbranched alkanes of at least 4 members (excludes halogenated alkanes) is 1. The van der Waals surface area contributed by atoms with Gasteiger partial charge in [0.05, 0.1) is 0 Å². The van der Waals surface area contributed by atoms with Crippen molar-refractivity contribution in [1.82, 2.24) is 10.2 Å². The number of nitrogens with zero attached hydrogens (tertiary/aromatic N) is 1. The predicted molar refractivity (Wildman–Crippen MR) is 72.0 cm³/mol. The van der Waals surface area contributed by atoms with Gasteiger partial charge in [-0.2, -0.15) is 0 Å². The largest absolute Gasteiger partial charge is 0.341 e. The van der Waals surface area contributed by atoms with Crippen LogP contribution in [-0.4, -0.2) is 36.5 Å². The van der Waals surface area contributed by atoms with Gasteiger partial charge in [0.15, 0.2) is 0 Å². The quantitative estimate of drug-likeness (QED) is 0.800. The molecule has 1 atom stereocenters. The van der Waals surface area contributed by atoms with Crippen molar-refractivity contribution < 1.29 is 4.79 Å². The van der Waals surface area contributed by atoms with E-state index in [1.54, 1.807) is 0 Å². The maximum atomic E-state index is 12.0. The van der Waals surface area contributed by atoms with E-state index < -0.39 is 0 Å². The lowest BCUT2D eigenvalue weighted by molar-refractivity contribution is -0.131. The Balaban J connectivity index is 2.44. The van der Waals surface area contributed by atoms with Gasteiger partial charge in [0, 0.05) is 25.6 Å². The van der Waals surface area contributed by atoms with Gasteiger partial charge in [-0.1, -0.05) is 27.2 Å². The van der Waals surface area contributed by atoms with Crippen LogP contribution in [0.2, 0.25) is 0 Å². The summed E-state index contributed by atoms with van der Waals surface area (Å²) >= 11 is 0. The summed E-state index contributed by atoms with van der Waals surface area (Å²) in [5.74, 6) is 1.04. The summed E-state index contributed by atoms with van der Waals surface area (Å²) in [7, 11) is 0. The van der Waals surface area contributed by atoms with E-state index in [1.807, 2.05) is 0 Å². The molecule has 0 aromatic carbocycles. The Bertz CT molecular complexity index is 228. The molecule has 3 nitrogen and oxygen atoms in total. The van der Waals surface area contributed by atoms with Gasteiger partial charge in [-0.3, -0.25) is 4.79 Å². The summed E-state index contributed by atoms with van der Waals surface area (Å²) in [6.45, 7) is 9.52. The van der Waals surface area contributed by atoms with Gasteiger partial charge in [-0.25, -0.2) is 0 Å². The third-order valence-electron chi connectivity index (χ3n) is 3.33. The van der Waals surface area contributed by atoms with Gasteiger partial charge < -0.3 is 10.2 Å². The highest BCUT2D eigenvalue weighted by atomic mass is 16.2. The number of hydrogen-bond acceptors (Lipinski definition) is 2.